The molecule has 0 aliphatic rings. The monoisotopic (exact) mass is 234 g/mol. The first-order chi connectivity index (χ1) is 7.72. The van der Waals surface area contributed by atoms with Gasteiger partial charge >= 0.3 is 0 Å². The molecule has 4 nitrogen and oxygen atoms in total. The van der Waals surface area contributed by atoms with Crippen molar-refractivity contribution in [3.8, 4) is 0 Å². The zero-order valence-electron chi connectivity index (χ0n) is 8.47. The van der Waals surface area contributed by atoms with Crippen LogP contribution in [-0.2, 0) is 0 Å². The van der Waals surface area contributed by atoms with Crippen LogP contribution in [0.5, 0.6) is 0 Å². The van der Waals surface area contributed by atoms with E-state index in [1.54, 1.807) is 30.0 Å². The Morgan fingerprint density at radius 2 is 2.38 bits per heavy atom. The quantitative estimate of drug-likeness (QED) is 0.382. The van der Waals surface area contributed by atoms with Crippen LogP contribution in [-0.4, -0.2) is 15.7 Å². The molecule has 0 aliphatic heterocycles. The molecule has 0 radical (unpaired) electrons. The van der Waals surface area contributed by atoms with Crippen molar-refractivity contribution in [1.82, 2.24) is 4.98 Å². The van der Waals surface area contributed by atoms with Crippen LogP contribution in [0.3, 0.4) is 0 Å². The summed E-state index contributed by atoms with van der Waals surface area (Å²) in [4.78, 5) is 14.4. The molecule has 0 aliphatic carbocycles. The molecule has 1 heterocycles. The predicted molar refractivity (Wildman–Crippen MR) is 65.9 cm³/mol. The lowest BCUT2D eigenvalue weighted by molar-refractivity contribution is -0.384. The molecule has 0 amide bonds. The minimum absolute atomic E-state index is 0.118. The predicted octanol–water partition coefficient (Wildman–Crippen LogP) is 3.35. The van der Waals surface area contributed by atoms with E-state index in [2.05, 4.69) is 11.6 Å². The highest BCUT2D eigenvalue weighted by atomic mass is 32.2. The minimum atomic E-state index is -0.381. The Kier molecular flexibility index (Phi) is 2.96. The summed E-state index contributed by atoms with van der Waals surface area (Å²) in [6.45, 7) is 3.65. The minimum Gasteiger partial charge on any atom is -0.360 e. The average Bonchev–Trinajstić information content (AvgIpc) is 2.68. The Morgan fingerprint density at radius 1 is 1.56 bits per heavy atom. The van der Waals surface area contributed by atoms with Gasteiger partial charge in [0.1, 0.15) is 0 Å². The molecular weight excluding hydrogens is 224 g/mol. The molecule has 0 atom stereocenters. The number of non-ortho nitro benzene ring substituents is 1. The van der Waals surface area contributed by atoms with Gasteiger partial charge in [0.15, 0.2) is 0 Å². The van der Waals surface area contributed by atoms with E-state index in [-0.39, 0.29) is 10.6 Å². The normalized spacial score (nSPS) is 10.5. The molecule has 2 aromatic rings. The zero-order valence-corrected chi connectivity index (χ0v) is 9.29. The fraction of sp³-hybridized carbons (Fsp3) is 0.0909. The van der Waals surface area contributed by atoms with Crippen molar-refractivity contribution in [3.63, 3.8) is 0 Å². The van der Waals surface area contributed by atoms with Crippen LogP contribution in [0.2, 0.25) is 0 Å². The molecule has 0 saturated carbocycles. The Balaban J connectivity index is 2.46. The van der Waals surface area contributed by atoms with Gasteiger partial charge in [-0.25, -0.2) is 0 Å². The summed E-state index contributed by atoms with van der Waals surface area (Å²) in [7, 11) is 0. The first-order valence-electron chi connectivity index (χ1n) is 4.71. The van der Waals surface area contributed by atoms with Crippen LogP contribution in [0.4, 0.5) is 5.69 Å². The number of nitro benzene ring substituents is 1. The average molecular weight is 234 g/mol. The lowest BCUT2D eigenvalue weighted by Gasteiger charge is -1.96. The summed E-state index contributed by atoms with van der Waals surface area (Å²) in [6, 6.07) is 4.82. The third-order valence-electron chi connectivity index (χ3n) is 2.19. The van der Waals surface area contributed by atoms with Gasteiger partial charge in [0.05, 0.1) is 4.92 Å². The number of nitrogens with zero attached hydrogens (tertiary/aromatic N) is 1. The molecule has 1 aromatic carbocycles. The van der Waals surface area contributed by atoms with Gasteiger partial charge in [-0.15, -0.1) is 18.3 Å². The van der Waals surface area contributed by atoms with Gasteiger partial charge < -0.3 is 4.98 Å². The number of thioether (sulfide) groups is 1. The molecule has 0 unspecified atom stereocenters. The maximum atomic E-state index is 10.7. The highest BCUT2D eigenvalue weighted by Crippen LogP contribution is 2.30. The molecule has 82 valence electrons. The second-order valence-electron chi connectivity index (χ2n) is 3.24. The number of aromatic amines is 1. The van der Waals surface area contributed by atoms with Crippen molar-refractivity contribution in [2.24, 2.45) is 0 Å². The lowest BCUT2D eigenvalue weighted by Crippen LogP contribution is -1.86. The number of hydrogen-bond donors (Lipinski definition) is 1. The van der Waals surface area contributed by atoms with E-state index in [9.17, 15) is 10.1 Å². The van der Waals surface area contributed by atoms with E-state index < -0.39 is 0 Å². The second kappa shape index (κ2) is 4.40. The number of rotatable bonds is 4. The molecule has 1 N–H and O–H groups in total. The van der Waals surface area contributed by atoms with Gasteiger partial charge in [-0.3, -0.25) is 10.1 Å². The smallest absolute Gasteiger partial charge is 0.270 e. The second-order valence-corrected chi connectivity index (χ2v) is 4.30. The van der Waals surface area contributed by atoms with Gasteiger partial charge in [0.25, 0.3) is 5.69 Å². The van der Waals surface area contributed by atoms with E-state index in [1.165, 1.54) is 6.07 Å². The van der Waals surface area contributed by atoms with Crippen LogP contribution in [0.15, 0.2) is 41.9 Å². The van der Waals surface area contributed by atoms with Gasteiger partial charge in [-0.05, 0) is 6.07 Å². The molecule has 1 aromatic heterocycles. The fourth-order valence-corrected chi connectivity index (χ4v) is 2.23. The van der Waals surface area contributed by atoms with E-state index in [1.807, 2.05) is 6.20 Å². The third kappa shape index (κ3) is 1.94. The fourth-order valence-electron chi connectivity index (χ4n) is 1.46. The number of hydrogen-bond acceptors (Lipinski definition) is 3. The van der Waals surface area contributed by atoms with E-state index >= 15 is 0 Å². The largest absolute Gasteiger partial charge is 0.360 e. The van der Waals surface area contributed by atoms with Crippen molar-refractivity contribution >= 4 is 28.4 Å². The maximum absolute atomic E-state index is 10.7. The number of benzene rings is 1. The Morgan fingerprint density at radius 3 is 3.06 bits per heavy atom. The summed E-state index contributed by atoms with van der Waals surface area (Å²) in [5.74, 6) is 0.787. The van der Waals surface area contributed by atoms with Crippen molar-refractivity contribution < 1.29 is 4.92 Å². The molecule has 16 heavy (non-hydrogen) atoms. The van der Waals surface area contributed by atoms with Crippen LogP contribution >= 0.6 is 11.8 Å². The SMILES string of the molecule is C=CCSc1c[nH]c2ccc([N+](=O)[O-])cc12. The van der Waals surface area contributed by atoms with Crippen molar-refractivity contribution in [2.75, 3.05) is 5.75 Å². The van der Waals surface area contributed by atoms with Gasteiger partial charge in [0, 0.05) is 39.9 Å². The third-order valence-corrected chi connectivity index (χ3v) is 3.25. The number of fused-ring (bicyclic) bond motifs is 1. The van der Waals surface area contributed by atoms with Crippen molar-refractivity contribution in [2.45, 2.75) is 4.90 Å². The van der Waals surface area contributed by atoms with Crippen molar-refractivity contribution in [1.29, 1.82) is 0 Å². The van der Waals surface area contributed by atoms with Crippen LogP contribution in [0, 0.1) is 10.1 Å². The first-order valence-corrected chi connectivity index (χ1v) is 5.70. The molecule has 0 spiro atoms. The number of aromatic nitrogens is 1. The molecule has 5 heteroatoms. The first kappa shape index (κ1) is 10.8. The standard InChI is InChI=1S/C11H10N2O2S/c1-2-5-16-11-7-12-10-4-3-8(13(14)15)6-9(10)11/h2-4,6-7,12H,1,5H2. The number of H-pyrrole nitrogens is 1. The number of nitrogens with one attached hydrogen (secondary N) is 1. The summed E-state index contributed by atoms with van der Waals surface area (Å²) in [5.41, 5.74) is 1.03. The number of nitro groups is 1. The lowest BCUT2D eigenvalue weighted by atomic mass is 10.2. The maximum Gasteiger partial charge on any atom is 0.270 e. The molecule has 0 fully saturated rings. The van der Waals surface area contributed by atoms with E-state index in [0.717, 1.165) is 21.6 Å². The van der Waals surface area contributed by atoms with Crippen LogP contribution in [0.25, 0.3) is 10.9 Å². The topological polar surface area (TPSA) is 58.9 Å². The zero-order chi connectivity index (χ0) is 11.5. The Bertz CT molecular complexity index is 548. The Labute approximate surface area is 96.5 Å². The summed E-state index contributed by atoms with van der Waals surface area (Å²) >= 11 is 1.61. The molecule has 0 saturated heterocycles. The van der Waals surface area contributed by atoms with Gasteiger partial charge in [-0.1, -0.05) is 6.08 Å². The van der Waals surface area contributed by atoms with Crippen molar-refractivity contribution in [3.05, 3.63) is 47.2 Å². The summed E-state index contributed by atoms with van der Waals surface area (Å²) < 4.78 is 0. The van der Waals surface area contributed by atoms with E-state index in [0.29, 0.717) is 0 Å². The summed E-state index contributed by atoms with van der Waals surface area (Å²) in [5, 5.41) is 11.6. The molecule has 0 bridgehead atoms. The van der Waals surface area contributed by atoms with Crippen LogP contribution < -0.4 is 0 Å². The highest BCUT2D eigenvalue weighted by molar-refractivity contribution is 7.99. The highest BCUT2D eigenvalue weighted by Gasteiger charge is 2.10. The van der Waals surface area contributed by atoms with Gasteiger partial charge in [0.2, 0.25) is 0 Å². The van der Waals surface area contributed by atoms with Crippen LogP contribution in [0.1, 0.15) is 0 Å². The van der Waals surface area contributed by atoms with Gasteiger partial charge in [-0.2, -0.15) is 0 Å². The molecule has 2 rings (SSSR count). The Hall–Kier alpha value is -1.75. The summed E-state index contributed by atoms with van der Waals surface area (Å²) in [6.07, 6.45) is 3.67. The molecular formula is C11H10N2O2S. The van der Waals surface area contributed by atoms with E-state index in [4.69, 9.17) is 0 Å².